The number of aldehydes is 1. The highest BCUT2D eigenvalue weighted by Gasteiger charge is 2.14. The van der Waals surface area contributed by atoms with Crippen LogP contribution >= 0.6 is 11.3 Å². The Hall–Kier alpha value is -3.18. The van der Waals surface area contributed by atoms with Gasteiger partial charge in [0.05, 0.1) is 11.4 Å². The van der Waals surface area contributed by atoms with Gasteiger partial charge in [0, 0.05) is 17.1 Å². The van der Waals surface area contributed by atoms with Gasteiger partial charge in [0.25, 0.3) is 0 Å². The molecule has 4 aromatic rings. The highest BCUT2D eigenvalue weighted by atomic mass is 32.1. The molecule has 0 bridgehead atoms. The summed E-state index contributed by atoms with van der Waals surface area (Å²) in [7, 11) is 0. The van der Waals surface area contributed by atoms with Crippen LogP contribution in [0.1, 0.15) is 27.2 Å². The lowest BCUT2D eigenvalue weighted by atomic mass is 10.0. The number of aryl methyl sites for hydroxylation is 2. The Kier molecular flexibility index (Phi) is 5.08. The Balaban J connectivity index is 1.69. The van der Waals surface area contributed by atoms with E-state index in [4.69, 9.17) is 9.72 Å². The summed E-state index contributed by atoms with van der Waals surface area (Å²) in [5.41, 5.74) is 5.87. The number of nitrogens with zero attached hydrogens (tertiary/aromatic N) is 2. The zero-order valence-corrected chi connectivity index (χ0v) is 16.6. The molecule has 0 spiro atoms. The smallest absolute Gasteiger partial charge is 0.194 e. The van der Waals surface area contributed by atoms with Gasteiger partial charge in [-0.1, -0.05) is 30.3 Å². The molecular formula is C23H20N2O2S. The molecule has 0 fully saturated rings. The molecule has 5 heteroatoms. The molecule has 2 aromatic carbocycles. The Morgan fingerprint density at radius 2 is 1.86 bits per heavy atom. The monoisotopic (exact) mass is 388 g/mol. The van der Waals surface area contributed by atoms with Crippen LogP contribution in [0.4, 0.5) is 0 Å². The third-order valence-electron chi connectivity index (χ3n) is 4.71. The predicted octanol–water partition coefficient (Wildman–Crippen LogP) is 5.61. The van der Waals surface area contributed by atoms with Crippen LogP contribution in [0.5, 0.6) is 5.75 Å². The molecule has 140 valence electrons. The van der Waals surface area contributed by atoms with Crippen LogP contribution in [-0.2, 0) is 6.61 Å². The van der Waals surface area contributed by atoms with Gasteiger partial charge >= 0.3 is 0 Å². The molecule has 0 radical (unpaired) electrons. The van der Waals surface area contributed by atoms with Crippen LogP contribution in [0, 0.1) is 13.8 Å². The first-order valence-corrected chi connectivity index (χ1v) is 9.90. The van der Waals surface area contributed by atoms with Crippen molar-refractivity contribution in [2.24, 2.45) is 0 Å². The topological polar surface area (TPSA) is 44.1 Å². The average molecular weight is 388 g/mol. The van der Waals surface area contributed by atoms with Crippen molar-refractivity contribution in [2.75, 3.05) is 0 Å². The number of carbonyl (C=O) groups excluding carboxylic acids is 1. The molecule has 2 aromatic heterocycles. The summed E-state index contributed by atoms with van der Waals surface area (Å²) in [5, 5.41) is 2.76. The van der Waals surface area contributed by atoms with Gasteiger partial charge in [-0.15, -0.1) is 11.3 Å². The molecule has 0 aliphatic heterocycles. The van der Waals surface area contributed by atoms with E-state index in [1.807, 2.05) is 35.8 Å². The molecular weight excluding hydrogens is 368 g/mol. The molecule has 0 amide bonds. The number of benzene rings is 2. The number of aromatic nitrogens is 2. The summed E-state index contributed by atoms with van der Waals surface area (Å²) in [6.07, 6.45) is 2.69. The van der Waals surface area contributed by atoms with Gasteiger partial charge in [0.15, 0.2) is 11.4 Å². The van der Waals surface area contributed by atoms with Crippen molar-refractivity contribution in [1.82, 2.24) is 9.55 Å². The van der Waals surface area contributed by atoms with Gasteiger partial charge in [0.1, 0.15) is 12.4 Å². The minimum Gasteiger partial charge on any atom is -0.488 e. The van der Waals surface area contributed by atoms with E-state index in [2.05, 4.69) is 38.1 Å². The lowest BCUT2D eigenvalue weighted by molar-refractivity contribution is 0.111. The fourth-order valence-corrected chi connectivity index (χ4v) is 3.84. The fourth-order valence-electron chi connectivity index (χ4n) is 3.01. The maximum atomic E-state index is 11.2. The van der Waals surface area contributed by atoms with Crippen LogP contribution in [0.25, 0.3) is 16.4 Å². The van der Waals surface area contributed by atoms with E-state index in [1.54, 1.807) is 10.6 Å². The van der Waals surface area contributed by atoms with E-state index in [1.165, 1.54) is 22.5 Å². The molecule has 4 nitrogen and oxygen atoms in total. The van der Waals surface area contributed by atoms with E-state index in [0.717, 1.165) is 34.0 Å². The minimum atomic E-state index is 0.500. The van der Waals surface area contributed by atoms with Gasteiger partial charge in [-0.2, -0.15) is 0 Å². The van der Waals surface area contributed by atoms with E-state index in [9.17, 15) is 4.79 Å². The summed E-state index contributed by atoms with van der Waals surface area (Å²) in [6.45, 7) is 4.67. The van der Waals surface area contributed by atoms with Crippen LogP contribution in [0.2, 0.25) is 0 Å². The van der Waals surface area contributed by atoms with Crippen LogP contribution in [-0.4, -0.2) is 15.8 Å². The van der Waals surface area contributed by atoms with Crippen molar-refractivity contribution in [3.05, 3.63) is 88.6 Å². The highest BCUT2D eigenvalue weighted by Crippen LogP contribution is 2.35. The second kappa shape index (κ2) is 7.82. The van der Waals surface area contributed by atoms with Crippen molar-refractivity contribution < 1.29 is 9.53 Å². The summed E-state index contributed by atoms with van der Waals surface area (Å²) < 4.78 is 7.96. The SMILES string of the molecule is Cc1cc(OCc2ccccc2)c(-c2csc(-n3cccc3C=O)n2)cc1C. The van der Waals surface area contributed by atoms with Gasteiger partial charge in [-0.3, -0.25) is 9.36 Å². The van der Waals surface area contributed by atoms with Gasteiger partial charge in [0.2, 0.25) is 0 Å². The zero-order chi connectivity index (χ0) is 19.5. The van der Waals surface area contributed by atoms with Crippen molar-refractivity contribution >= 4 is 17.6 Å². The molecule has 28 heavy (non-hydrogen) atoms. The summed E-state index contributed by atoms with van der Waals surface area (Å²) in [5.74, 6) is 0.812. The number of hydrogen-bond donors (Lipinski definition) is 0. The van der Waals surface area contributed by atoms with Crippen molar-refractivity contribution in [1.29, 1.82) is 0 Å². The number of rotatable bonds is 6. The number of hydrogen-bond acceptors (Lipinski definition) is 4. The average Bonchev–Trinajstić information content (AvgIpc) is 3.38. The Morgan fingerprint density at radius 1 is 1.07 bits per heavy atom. The molecule has 0 atom stereocenters. The van der Waals surface area contributed by atoms with Gasteiger partial charge in [-0.05, 0) is 54.8 Å². The molecule has 4 rings (SSSR count). The quantitative estimate of drug-likeness (QED) is 0.403. The normalized spacial score (nSPS) is 10.8. The molecule has 0 saturated carbocycles. The lowest BCUT2D eigenvalue weighted by Gasteiger charge is -2.13. The number of carbonyl (C=O) groups is 1. The second-order valence-electron chi connectivity index (χ2n) is 6.64. The standard InChI is InChI=1S/C23H20N2O2S/c1-16-11-20(21-15-28-23(24-21)25-10-6-9-19(25)13-26)22(12-17(16)2)27-14-18-7-4-3-5-8-18/h3-13,15H,14H2,1-2H3. The van der Waals surface area contributed by atoms with Crippen molar-refractivity contribution in [3.8, 4) is 22.1 Å². The summed E-state index contributed by atoms with van der Waals surface area (Å²) in [6, 6.07) is 17.9. The third-order valence-corrected chi connectivity index (χ3v) is 5.55. The maximum Gasteiger partial charge on any atom is 0.194 e. The Bertz CT molecular complexity index is 1110. The van der Waals surface area contributed by atoms with Gasteiger partial charge in [-0.25, -0.2) is 4.98 Å². The third kappa shape index (κ3) is 3.62. The van der Waals surface area contributed by atoms with Gasteiger partial charge < -0.3 is 4.74 Å². The lowest BCUT2D eigenvalue weighted by Crippen LogP contribution is -1.99. The van der Waals surface area contributed by atoms with Crippen LogP contribution in [0.3, 0.4) is 0 Å². The highest BCUT2D eigenvalue weighted by molar-refractivity contribution is 7.12. The Morgan fingerprint density at radius 3 is 2.64 bits per heavy atom. The molecule has 0 saturated heterocycles. The molecule has 0 aliphatic rings. The minimum absolute atomic E-state index is 0.500. The first-order chi connectivity index (χ1) is 13.7. The largest absolute Gasteiger partial charge is 0.488 e. The molecule has 0 N–H and O–H groups in total. The fraction of sp³-hybridized carbons (Fsp3) is 0.130. The van der Waals surface area contributed by atoms with Crippen LogP contribution < -0.4 is 4.74 Å². The van der Waals surface area contributed by atoms with Crippen molar-refractivity contribution in [2.45, 2.75) is 20.5 Å². The predicted molar refractivity (Wildman–Crippen MR) is 113 cm³/mol. The zero-order valence-electron chi connectivity index (χ0n) is 15.8. The van der Waals surface area contributed by atoms with E-state index >= 15 is 0 Å². The van der Waals surface area contributed by atoms with E-state index in [-0.39, 0.29) is 0 Å². The van der Waals surface area contributed by atoms with E-state index in [0.29, 0.717) is 12.3 Å². The van der Waals surface area contributed by atoms with E-state index < -0.39 is 0 Å². The Labute approximate surface area is 168 Å². The number of thiazole rings is 1. The molecule has 2 heterocycles. The second-order valence-corrected chi connectivity index (χ2v) is 7.48. The number of ether oxygens (including phenoxy) is 1. The first kappa shape index (κ1) is 18.2. The summed E-state index contributed by atoms with van der Waals surface area (Å²) >= 11 is 1.50. The van der Waals surface area contributed by atoms with Crippen LogP contribution in [0.15, 0.2) is 66.2 Å². The first-order valence-electron chi connectivity index (χ1n) is 9.02. The molecule has 0 aliphatic carbocycles. The summed E-state index contributed by atoms with van der Waals surface area (Å²) in [4.78, 5) is 16.0. The molecule has 0 unspecified atom stereocenters. The maximum absolute atomic E-state index is 11.2. The van der Waals surface area contributed by atoms with Crippen molar-refractivity contribution in [3.63, 3.8) is 0 Å².